The number of halogens is 1. The van der Waals surface area contributed by atoms with Gasteiger partial charge < -0.3 is 19.8 Å². The summed E-state index contributed by atoms with van der Waals surface area (Å²) in [5.74, 6) is 0.774. The second-order valence-corrected chi connectivity index (χ2v) is 5.62. The zero-order valence-corrected chi connectivity index (χ0v) is 12.7. The number of hydrogen-bond donors (Lipinski definition) is 2. The second-order valence-electron chi connectivity index (χ2n) is 5.62. The minimum absolute atomic E-state index is 0.259. The largest absolute Gasteiger partial charge is 0.486 e. The molecule has 0 saturated heterocycles. The second kappa shape index (κ2) is 5.88. The molecule has 1 atom stereocenters. The molecule has 1 aliphatic heterocycles. The van der Waals surface area contributed by atoms with Crippen LogP contribution in [0.25, 0.3) is 10.9 Å². The van der Waals surface area contributed by atoms with E-state index in [1.165, 1.54) is 12.1 Å². The van der Waals surface area contributed by atoms with E-state index in [9.17, 15) is 9.18 Å². The molecule has 0 aliphatic carbocycles. The highest BCUT2D eigenvalue weighted by Gasteiger charge is 2.21. The lowest BCUT2D eigenvalue weighted by atomic mass is 10.2. The normalized spacial score (nSPS) is 16.1. The fourth-order valence-electron chi connectivity index (χ4n) is 2.69. The number of H-pyrrole nitrogens is 1. The number of hydrogen-bond acceptors (Lipinski definition) is 3. The maximum Gasteiger partial charge on any atom is 0.267 e. The molecule has 0 saturated carbocycles. The highest BCUT2D eigenvalue weighted by atomic mass is 19.1. The lowest BCUT2D eigenvalue weighted by Crippen LogP contribution is -2.40. The maximum atomic E-state index is 13.2. The Morgan fingerprint density at radius 2 is 2.04 bits per heavy atom. The quantitative estimate of drug-likeness (QED) is 0.778. The predicted octanol–water partition coefficient (Wildman–Crippen LogP) is 2.88. The van der Waals surface area contributed by atoms with Crippen LogP contribution in [0.15, 0.2) is 48.5 Å². The summed E-state index contributed by atoms with van der Waals surface area (Å²) in [6, 6.07) is 13.4. The Morgan fingerprint density at radius 3 is 2.92 bits per heavy atom. The summed E-state index contributed by atoms with van der Waals surface area (Å²) in [7, 11) is 0. The van der Waals surface area contributed by atoms with Gasteiger partial charge in [-0.2, -0.15) is 0 Å². The van der Waals surface area contributed by atoms with E-state index in [-0.39, 0.29) is 17.8 Å². The summed E-state index contributed by atoms with van der Waals surface area (Å²) in [6.07, 6.45) is -0.259. The van der Waals surface area contributed by atoms with Crippen LogP contribution in [0.1, 0.15) is 10.5 Å². The van der Waals surface area contributed by atoms with Crippen molar-refractivity contribution in [3.63, 3.8) is 0 Å². The van der Waals surface area contributed by atoms with Crippen LogP contribution >= 0.6 is 0 Å². The molecule has 0 spiro atoms. The molecule has 0 bridgehead atoms. The molecule has 24 heavy (non-hydrogen) atoms. The average molecular weight is 326 g/mol. The number of carbonyl (C=O) groups is 1. The van der Waals surface area contributed by atoms with Gasteiger partial charge in [0, 0.05) is 10.9 Å². The van der Waals surface area contributed by atoms with E-state index in [4.69, 9.17) is 9.47 Å². The van der Waals surface area contributed by atoms with Gasteiger partial charge in [-0.15, -0.1) is 0 Å². The Hall–Kier alpha value is -3.02. The van der Waals surface area contributed by atoms with Crippen molar-refractivity contribution in [2.24, 2.45) is 0 Å². The Morgan fingerprint density at radius 1 is 1.21 bits per heavy atom. The van der Waals surface area contributed by atoms with Crippen molar-refractivity contribution in [1.29, 1.82) is 0 Å². The first-order valence-electron chi connectivity index (χ1n) is 7.64. The lowest BCUT2D eigenvalue weighted by molar-refractivity contribution is 0.0787. The van der Waals surface area contributed by atoms with Gasteiger partial charge in [0.1, 0.15) is 24.2 Å². The number of nitrogens with one attached hydrogen (secondary N) is 2. The van der Waals surface area contributed by atoms with Crippen LogP contribution in [0.5, 0.6) is 11.5 Å². The summed E-state index contributed by atoms with van der Waals surface area (Å²) >= 11 is 0. The average Bonchev–Trinajstić information content (AvgIpc) is 3.02. The number of aromatic nitrogens is 1. The van der Waals surface area contributed by atoms with E-state index < -0.39 is 0 Å². The van der Waals surface area contributed by atoms with Crippen LogP contribution < -0.4 is 14.8 Å². The van der Waals surface area contributed by atoms with Gasteiger partial charge in [-0.1, -0.05) is 12.1 Å². The molecule has 2 heterocycles. The first kappa shape index (κ1) is 14.6. The molecule has 6 heteroatoms. The predicted molar refractivity (Wildman–Crippen MR) is 86.9 cm³/mol. The van der Waals surface area contributed by atoms with Gasteiger partial charge in [-0.3, -0.25) is 4.79 Å². The number of aromatic amines is 1. The molecule has 122 valence electrons. The number of benzene rings is 2. The van der Waals surface area contributed by atoms with Crippen molar-refractivity contribution in [3.8, 4) is 11.5 Å². The van der Waals surface area contributed by atoms with E-state index in [1.807, 2.05) is 24.3 Å². The molecule has 1 aromatic heterocycles. The molecule has 2 N–H and O–H groups in total. The molecule has 1 aliphatic rings. The van der Waals surface area contributed by atoms with Crippen LogP contribution in [0.2, 0.25) is 0 Å². The molecule has 1 amide bonds. The Balaban J connectivity index is 1.41. The van der Waals surface area contributed by atoms with Crippen molar-refractivity contribution < 1.29 is 18.7 Å². The van der Waals surface area contributed by atoms with Crippen LogP contribution in [-0.2, 0) is 0 Å². The summed E-state index contributed by atoms with van der Waals surface area (Å²) < 4.78 is 24.6. The first-order valence-corrected chi connectivity index (χ1v) is 7.64. The minimum Gasteiger partial charge on any atom is -0.486 e. The zero-order chi connectivity index (χ0) is 16.5. The fraction of sp³-hybridized carbons (Fsp3) is 0.167. The molecule has 1 unspecified atom stereocenters. The van der Waals surface area contributed by atoms with Crippen molar-refractivity contribution in [2.75, 3.05) is 13.2 Å². The van der Waals surface area contributed by atoms with Crippen molar-refractivity contribution in [3.05, 3.63) is 60.0 Å². The fourth-order valence-corrected chi connectivity index (χ4v) is 2.69. The van der Waals surface area contributed by atoms with Crippen LogP contribution in [0.4, 0.5) is 4.39 Å². The highest BCUT2D eigenvalue weighted by molar-refractivity contribution is 5.98. The van der Waals surface area contributed by atoms with Crippen LogP contribution in [-0.4, -0.2) is 30.1 Å². The number of amides is 1. The van der Waals surface area contributed by atoms with Crippen molar-refractivity contribution in [1.82, 2.24) is 10.3 Å². The first-order chi connectivity index (χ1) is 11.7. The number of para-hydroxylation sites is 2. The third-order valence-corrected chi connectivity index (χ3v) is 3.89. The number of fused-ring (bicyclic) bond motifs is 2. The number of ether oxygens (including phenoxy) is 2. The van der Waals surface area contributed by atoms with Gasteiger partial charge in [-0.05, 0) is 36.4 Å². The van der Waals surface area contributed by atoms with Gasteiger partial charge in [-0.25, -0.2) is 4.39 Å². The maximum absolute atomic E-state index is 13.2. The molecule has 2 aromatic carbocycles. The minimum atomic E-state index is -0.333. The van der Waals surface area contributed by atoms with Crippen LogP contribution in [0.3, 0.4) is 0 Å². The number of carbonyl (C=O) groups excluding carboxylic acids is 1. The zero-order valence-electron chi connectivity index (χ0n) is 12.7. The van der Waals surface area contributed by atoms with E-state index in [2.05, 4.69) is 10.3 Å². The van der Waals surface area contributed by atoms with Gasteiger partial charge in [0.25, 0.3) is 5.91 Å². The van der Waals surface area contributed by atoms with Gasteiger partial charge in [0.2, 0.25) is 0 Å². The Kier molecular flexibility index (Phi) is 3.57. The molecule has 5 nitrogen and oxygen atoms in total. The third kappa shape index (κ3) is 2.78. The van der Waals surface area contributed by atoms with E-state index in [1.54, 1.807) is 12.1 Å². The standard InChI is InChI=1S/C18H15FN2O3/c19-12-5-6-14-11(7-12)8-15(21-14)18(22)20-9-13-10-23-16-3-1-2-4-17(16)24-13/h1-8,13,21H,9-10H2,(H,20,22). The third-order valence-electron chi connectivity index (χ3n) is 3.89. The summed E-state index contributed by atoms with van der Waals surface area (Å²) in [6.45, 7) is 0.687. The van der Waals surface area contributed by atoms with E-state index >= 15 is 0 Å². The molecular weight excluding hydrogens is 311 g/mol. The summed E-state index contributed by atoms with van der Waals surface area (Å²) in [4.78, 5) is 15.2. The monoisotopic (exact) mass is 326 g/mol. The van der Waals surface area contributed by atoms with Gasteiger partial charge in [0.15, 0.2) is 11.5 Å². The SMILES string of the molecule is O=C(NCC1COc2ccccc2O1)c1cc2cc(F)ccc2[nH]1. The molecule has 0 radical (unpaired) electrons. The van der Waals surface area contributed by atoms with Gasteiger partial charge >= 0.3 is 0 Å². The topological polar surface area (TPSA) is 63.4 Å². The highest BCUT2D eigenvalue weighted by Crippen LogP contribution is 2.30. The summed E-state index contributed by atoms with van der Waals surface area (Å²) in [5.41, 5.74) is 1.10. The summed E-state index contributed by atoms with van der Waals surface area (Å²) in [5, 5.41) is 3.46. The Bertz CT molecular complexity index is 906. The van der Waals surface area contributed by atoms with E-state index in [0.29, 0.717) is 41.2 Å². The lowest BCUT2D eigenvalue weighted by Gasteiger charge is -2.26. The van der Waals surface area contributed by atoms with Gasteiger partial charge in [0.05, 0.1) is 6.54 Å². The molecular formula is C18H15FN2O3. The van der Waals surface area contributed by atoms with Crippen molar-refractivity contribution in [2.45, 2.75) is 6.10 Å². The molecule has 4 rings (SSSR count). The number of rotatable bonds is 3. The van der Waals surface area contributed by atoms with Crippen molar-refractivity contribution >= 4 is 16.8 Å². The molecule has 0 fully saturated rings. The smallest absolute Gasteiger partial charge is 0.267 e. The molecule has 3 aromatic rings. The van der Waals surface area contributed by atoms with Crippen LogP contribution in [0, 0.1) is 5.82 Å². The Labute approximate surface area is 137 Å². The van der Waals surface area contributed by atoms with E-state index in [0.717, 1.165) is 0 Å².